The van der Waals surface area contributed by atoms with Crippen molar-refractivity contribution in [2.24, 2.45) is 0 Å². The Morgan fingerprint density at radius 3 is 2.76 bits per heavy atom. The second-order valence-corrected chi connectivity index (χ2v) is 5.34. The van der Waals surface area contributed by atoms with Crippen LogP contribution in [-0.4, -0.2) is 30.4 Å². The van der Waals surface area contributed by atoms with Crippen LogP contribution in [0.25, 0.3) is 0 Å². The fourth-order valence-electron chi connectivity index (χ4n) is 2.50. The number of carbonyl (C=O) groups excluding carboxylic acids is 1. The van der Waals surface area contributed by atoms with Crippen molar-refractivity contribution in [1.29, 1.82) is 0 Å². The number of rotatable bonds is 7. The first-order chi connectivity index (χ1) is 10.3. The molecule has 1 saturated carbocycles. The average Bonchev–Trinajstić information content (AvgIpc) is 3.24. The van der Waals surface area contributed by atoms with Gasteiger partial charge in [0.05, 0.1) is 32.0 Å². The van der Waals surface area contributed by atoms with Crippen molar-refractivity contribution in [3.05, 3.63) is 54.0 Å². The molecule has 1 aliphatic carbocycles. The Balaban J connectivity index is 1.72. The number of benzene rings is 1. The van der Waals surface area contributed by atoms with Gasteiger partial charge in [-0.05, 0) is 37.1 Å². The second kappa shape index (κ2) is 6.14. The van der Waals surface area contributed by atoms with E-state index < -0.39 is 0 Å². The minimum atomic E-state index is 0.0888. The topological polar surface area (TPSA) is 42.7 Å². The number of Topliss-reactive ketones (excluding diaryl/α,β-unsaturated/α-hetero) is 1. The summed E-state index contributed by atoms with van der Waals surface area (Å²) >= 11 is 0. The quantitative estimate of drug-likeness (QED) is 0.733. The van der Waals surface area contributed by atoms with Gasteiger partial charge in [-0.1, -0.05) is 12.1 Å². The van der Waals surface area contributed by atoms with E-state index in [9.17, 15) is 4.79 Å². The zero-order chi connectivity index (χ0) is 14.7. The molecule has 0 unspecified atom stereocenters. The molecule has 1 aromatic carbocycles. The summed E-state index contributed by atoms with van der Waals surface area (Å²) in [5, 5.41) is 0. The monoisotopic (exact) mass is 285 g/mol. The van der Waals surface area contributed by atoms with Crippen molar-refractivity contribution in [3.63, 3.8) is 0 Å². The highest BCUT2D eigenvalue weighted by atomic mass is 16.5. The van der Waals surface area contributed by atoms with Gasteiger partial charge in [0.15, 0.2) is 5.78 Å². The Labute approximate surface area is 124 Å². The molecule has 0 N–H and O–H groups in total. The number of ketones is 1. The lowest BCUT2D eigenvalue weighted by Crippen LogP contribution is -2.31. The van der Waals surface area contributed by atoms with Gasteiger partial charge >= 0.3 is 0 Å². The molecule has 1 heterocycles. The maximum Gasteiger partial charge on any atom is 0.180 e. The summed E-state index contributed by atoms with van der Waals surface area (Å²) < 4.78 is 10.7. The molecule has 0 aliphatic heterocycles. The number of nitrogens with zero attached hydrogens (tertiary/aromatic N) is 1. The zero-order valence-electron chi connectivity index (χ0n) is 12.1. The normalized spacial score (nSPS) is 14.4. The maximum absolute atomic E-state index is 12.5. The molecule has 0 bridgehead atoms. The van der Waals surface area contributed by atoms with Crippen LogP contribution in [0.5, 0.6) is 5.75 Å². The Morgan fingerprint density at radius 1 is 1.29 bits per heavy atom. The van der Waals surface area contributed by atoms with Crippen LogP contribution in [0.2, 0.25) is 0 Å². The molecule has 3 rings (SSSR count). The van der Waals surface area contributed by atoms with Crippen LogP contribution >= 0.6 is 0 Å². The summed E-state index contributed by atoms with van der Waals surface area (Å²) in [6.07, 6.45) is 3.97. The van der Waals surface area contributed by atoms with Gasteiger partial charge in [0, 0.05) is 6.04 Å². The molecule has 1 aliphatic rings. The third-order valence-electron chi connectivity index (χ3n) is 3.76. The standard InChI is InChI=1S/C17H19NO3/c1-20-17-7-3-2-6-15(17)16(19)12-18(13-8-9-13)11-14-5-4-10-21-14/h2-7,10,13H,8-9,11-12H2,1H3. The first kappa shape index (κ1) is 13.9. The van der Waals surface area contributed by atoms with E-state index >= 15 is 0 Å². The van der Waals surface area contributed by atoms with Crippen molar-refractivity contribution >= 4 is 5.78 Å². The Kier molecular flexibility index (Phi) is 4.06. The SMILES string of the molecule is COc1ccccc1C(=O)CN(Cc1ccco1)C1CC1. The van der Waals surface area contributed by atoms with E-state index in [1.807, 2.05) is 36.4 Å². The van der Waals surface area contributed by atoms with Crippen LogP contribution in [0.3, 0.4) is 0 Å². The number of furan rings is 1. The lowest BCUT2D eigenvalue weighted by Gasteiger charge is -2.20. The van der Waals surface area contributed by atoms with Crippen molar-refractivity contribution < 1.29 is 13.9 Å². The highest BCUT2D eigenvalue weighted by Crippen LogP contribution is 2.29. The van der Waals surface area contributed by atoms with Crippen LogP contribution in [0.4, 0.5) is 0 Å². The number of hydrogen-bond donors (Lipinski definition) is 0. The van der Waals surface area contributed by atoms with Crippen LogP contribution in [0.1, 0.15) is 29.0 Å². The summed E-state index contributed by atoms with van der Waals surface area (Å²) in [4.78, 5) is 14.7. The number of carbonyl (C=O) groups is 1. The predicted molar refractivity (Wildman–Crippen MR) is 79.5 cm³/mol. The smallest absolute Gasteiger partial charge is 0.180 e. The lowest BCUT2D eigenvalue weighted by atomic mass is 10.1. The molecule has 0 amide bonds. The van der Waals surface area contributed by atoms with Crippen LogP contribution in [0, 0.1) is 0 Å². The molecule has 4 nitrogen and oxygen atoms in total. The molecule has 110 valence electrons. The van der Waals surface area contributed by atoms with Gasteiger partial charge in [0.25, 0.3) is 0 Å². The van der Waals surface area contributed by atoms with Gasteiger partial charge in [0.1, 0.15) is 11.5 Å². The first-order valence-electron chi connectivity index (χ1n) is 7.20. The molecule has 21 heavy (non-hydrogen) atoms. The van der Waals surface area contributed by atoms with Crippen molar-refractivity contribution in [3.8, 4) is 5.75 Å². The molecule has 1 fully saturated rings. The van der Waals surface area contributed by atoms with Gasteiger partial charge in [-0.25, -0.2) is 0 Å². The summed E-state index contributed by atoms with van der Waals surface area (Å²) in [7, 11) is 1.59. The van der Waals surface area contributed by atoms with E-state index in [0.717, 1.165) is 18.6 Å². The van der Waals surface area contributed by atoms with E-state index in [-0.39, 0.29) is 5.78 Å². The molecule has 0 radical (unpaired) electrons. The van der Waals surface area contributed by atoms with E-state index in [2.05, 4.69) is 4.90 Å². The van der Waals surface area contributed by atoms with Gasteiger partial charge in [0.2, 0.25) is 0 Å². The Hall–Kier alpha value is -2.07. The number of hydrogen-bond acceptors (Lipinski definition) is 4. The Bertz CT molecular complexity index is 602. The molecule has 0 atom stereocenters. The predicted octanol–water partition coefficient (Wildman–Crippen LogP) is 3.14. The first-order valence-corrected chi connectivity index (χ1v) is 7.20. The highest BCUT2D eigenvalue weighted by molar-refractivity contribution is 6.00. The van der Waals surface area contributed by atoms with E-state index in [4.69, 9.17) is 9.15 Å². The molecule has 0 spiro atoms. The maximum atomic E-state index is 12.5. The third-order valence-corrected chi connectivity index (χ3v) is 3.76. The molecular weight excluding hydrogens is 266 g/mol. The Morgan fingerprint density at radius 2 is 2.10 bits per heavy atom. The largest absolute Gasteiger partial charge is 0.496 e. The molecule has 2 aromatic rings. The second-order valence-electron chi connectivity index (χ2n) is 5.34. The summed E-state index contributed by atoms with van der Waals surface area (Å²) in [6.45, 7) is 1.07. The van der Waals surface area contributed by atoms with Crippen LogP contribution in [-0.2, 0) is 6.54 Å². The fraction of sp³-hybridized carbons (Fsp3) is 0.353. The molecule has 0 saturated heterocycles. The van der Waals surface area contributed by atoms with Crippen molar-refractivity contribution in [2.75, 3.05) is 13.7 Å². The number of para-hydroxylation sites is 1. The van der Waals surface area contributed by atoms with Gasteiger partial charge in [-0.2, -0.15) is 0 Å². The van der Waals surface area contributed by atoms with E-state index in [1.54, 1.807) is 13.4 Å². The van der Waals surface area contributed by atoms with Gasteiger partial charge in [-0.3, -0.25) is 9.69 Å². The number of methoxy groups -OCH3 is 1. The van der Waals surface area contributed by atoms with Crippen LogP contribution < -0.4 is 4.74 Å². The summed E-state index contributed by atoms with van der Waals surface area (Å²) in [6, 6.07) is 11.7. The summed E-state index contributed by atoms with van der Waals surface area (Å²) in [5.41, 5.74) is 0.644. The van der Waals surface area contributed by atoms with Crippen LogP contribution in [0.15, 0.2) is 47.1 Å². The third kappa shape index (κ3) is 3.34. The molecule has 1 aromatic heterocycles. The van der Waals surface area contributed by atoms with Gasteiger partial charge in [-0.15, -0.1) is 0 Å². The van der Waals surface area contributed by atoms with E-state index in [1.165, 1.54) is 0 Å². The average molecular weight is 285 g/mol. The lowest BCUT2D eigenvalue weighted by molar-refractivity contribution is 0.0910. The van der Waals surface area contributed by atoms with E-state index in [0.29, 0.717) is 30.4 Å². The molecular formula is C17H19NO3. The minimum Gasteiger partial charge on any atom is -0.496 e. The highest BCUT2D eigenvalue weighted by Gasteiger charge is 2.31. The fourth-order valence-corrected chi connectivity index (χ4v) is 2.50. The zero-order valence-corrected chi connectivity index (χ0v) is 12.1. The minimum absolute atomic E-state index is 0.0888. The van der Waals surface area contributed by atoms with Crippen molar-refractivity contribution in [2.45, 2.75) is 25.4 Å². The van der Waals surface area contributed by atoms with Crippen molar-refractivity contribution in [1.82, 2.24) is 4.90 Å². The number of ether oxygens (including phenoxy) is 1. The summed E-state index contributed by atoms with van der Waals surface area (Å²) in [5.74, 6) is 1.62. The van der Waals surface area contributed by atoms with Gasteiger partial charge < -0.3 is 9.15 Å². The molecule has 4 heteroatoms.